The van der Waals surface area contributed by atoms with Gasteiger partial charge in [0, 0.05) is 12.8 Å². The number of carbonyl (C=O) groups is 3. The highest BCUT2D eigenvalue weighted by molar-refractivity contribution is 9.10. The number of methoxy groups -OCH3 is 1. The van der Waals surface area contributed by atoms with Crippen LogP contribution in [0.4, 0.5) is 0 Å². The number of carbonyl (C=O) groups excluding carboxylic acids is 3. The van der Waals surface area contributed by atoms with E-state index in [2.05, 4.69) is 20.7 Å². The highest BCUT2D eigenvalue weighted by Crippen LogP contribution is 2.14. The van der Waals surface area contributed by atoms with Crippen LogP contribution in [0.1, 0.15) is 12.8 Å². The smallest absolute Gasteiger partial charge is 0.321 e. The number of imide groups is 1. The van der Waals surface area contributed by atoms with Crippen molar-refractivity contribution in [3.63, 3.8) is 0 Å². The van der Waals surface area contributed by atoms with Crippen LogP contribution in [0, 0.1) is 0 Å². The van der Waals surface area contributed by atoms with Crippen molar-refractivity contribution in [2.45, 2.75) is 17.7 Å². The molecule has 78 valence electrons. The molecule has 0 saturated carbocycles. The summed E-state index contributed by atoms with van der Waals surface area (Å²) >= 11 is 3.05. The molecule has 1 heterocycles. The summed E-state index contributed by atoms with van der Waals surface area (Å²) in [5.41, 5.74) is 0. The largest absolute Gasteiger partial charge is 0.468 e. The number of esters is 1. The Morgan fingerprint density at radius 3 is 2.43 bits per heavy atom. The fraction of sp³-hybridized carbons (Fsp3) is 0.625. The summed E-state index contributed by atoms with van der Waals surface area (Å²) in [6, 6.07) is 0. The molecule has 6 heteroatoms. The number of likely N-dealkylation sites (tertiary alicyclic amines) is 1. The van der Waals surface area contributed by atoms with Gasteiger partial charge in [0.1, 0.15) is 4.83 Å². The lowest BCUT2D eigenvalue weighted by atomic mass is 10.4. The quantitative estimate of drug-likeness (QED) is 0.411. The van der Waals surface area contributed by atoms with Gasteiger partial charge in [-0.1, -0.05) is 15.9 Å². The van der Waals surface area contributed by atoms with E-state index in [0.29, 0.717) is 0 Å². The van der Waals surface area contributed by atoms with Gasteiger partial charge in [-0.15, -0.1) is 0 Å². The second kappa shape index (κ2) is 4.54. The van der Waals surface area contributed by atoms with Crippen LogP contribution in [0.2, 0.25) is 0 Å². The Labute approximate surface area is 89.5 Å². The average Bonchev–Trinajstić information content (AvgIpc) is 2.48. The normalized spacial score (nSPS) is 18.6. The van der Waals surface area contributed by atoms with Crippen molar-refractivity contribution in [1.29, 1.82) is 0 Å². The molecule has 0 radical (unpaired) electrons. The SMILES string of the molecule is COC(=O)C(Br)CN1C(=O)CCC1=O. The number of ether oxygens (including phenoxy) is 1. The minimum atomic E-state index is -0.640. The van der Waals surface area contributed by atoms with E-state index in [1.54, 1.807) is 0 Å². The van der Waals surface area contributed by atoms with Crippen molar-refractivity contribution in [2.24, 2.45) is 0 Å². The molecule has 0 bridgehead atoms. The summed E-state index contributed by atoms with van der Waals surface area (Å²) in [7, 11) is 1.25. The van der Waals surface area contributed by atoms with Crippen molar-refractivity contribution in [2.75, 3.05) is 13.7 Å². The number of hydrogen-bond donors (Lipinski definition) is 0. The Hall–Kier alpha value is -0.910. The van der Waals surface area contributed by atoms with Gasteiger partial charge < -0.3 is 4.74 Å². The number of halogens is 1. The van der Waals surface area contributed by atoms with Gasteiger partial charge in [-0.3, -0.25) is 19.3 Å². The monoisotopic (exact) mass is 263 g/mol. The van der Waals surface area contributed by atoms with E-state index in [-0.39, 0.29) is 31.2 Å². The summed E-state index contributed by atoms with van der Waals surface area (Å²) in [6.45, 7) is 0.0460. The van der Waals surface area contributed by atoms with Crippen molar-refractivity contribution < 1.29 is 19.1 Å². The summed E-state index contributed by atoms with van der Waals surface area (Å²) in [5, 5.41) is 0. The average molecular weight is 264 g/mol. The maximum Gasteiger partial charge on any atom is 0.321 e. The van der Waals surface area contributed by atoms with E-state index in [0.717, 1.165) is 4.90 Å². The zero-order chi connectivity index (χ0) is 10.7. The zero-order valence-corrected chi connectivity index (χ0v) is 9.24. The van der Waals surface area contributed by atoms with Gasteiger partial charge in [-0.05, 0) is 0 Å². The number of rotatable bonds is 3. The van der Waals surface area contributed by atoms with E-state index in [1.165, 1.54) is 7.11 Å². The fourth-order valence-corrected chi connectivity index (χ4v) is 1.67. The van der Waals surface area contributed by atoms with Gasteiger partial charge >= 0.3 is 5.97 Å². The lowest BCUT2D eigenvalue weighted by Crippen LogP contribution is -2.37. The molecular weight excluding hydrogens is 254 g/mol. The molecule has 0 aromatic heterocycles. The standard InChI is InChI=1S/C8H10BrNO4/c1-14-8(13)5(9)4-10-6(11)2-3-7(10)12/h5H,2-4H2,1H3. The molecule has 1 aliphatic rings. The third kappa shape index (κ3) is 2.31. The van der Waals surface area contributed by atoms with E-state index in [9.17, 15) is 14.4 Å². The number of alkyl halides is 1. The summed E-state index contributed by atoms with van der Waals surface area (Å²) in [6.07, 6.45) is 0.472. The summed E-state index contributed by atoms with van der Waals surface area (Å²) < 4.78 is 4.46. The predicted molar refractivity (Wildman–Crippen MR) is 50.7 cm³/mol. The van der Waals surface area contributed by atoms with Crippen LogP contribution in [-0.2, 0) is 19.1 Å². The third-order valence-corrected chi connectivity index (χ3v) is 2.62. The summed E-state index contributed by atoms with van der Waals surface area (Å²) in [5.74, 6) is -0.954. The fourth-order valence-electron chi connectivity index (χ4n) is 1.19. The minimum Gasteiger partial charge on any atom is -0.468 e. The number of nitrogens with zero attached hydrogens (tertiary/aromatic N) is 1. The van der Waals surface area contributed by atoms with Gasteiger partial charge in [-0.2, -0.15) is 0 Å². The lowest BCUT2D eigenvalue weighted by Gasteiger charge is -2.16. The molecule has 1 rings (SSSR count). The van der Waals surface area contributed by atoms with Crippen LogP contribution < -0.4 is 0 Å². The molecule has 1 unspecified atom stereocenters. The molecular formula is C8H10BrNO4. The van der Waals surface area contributed by atoms with E-state index in [1.807, 2.05) is 0 Å². The molecule has 0 aliphatic carbocycles. The first kappa shape index (κ1) is 11.2. The van der Waals surface area contributed by atoms with Gasteiger partial charge in [0.2, 0.25) is 11.8 Å². The number of amides is 2. The van der Waals surface area contributed by atoms with E-state index in [4.69, 9.17) is 0 Å². The Morgan fingerprint density at radius 2 is 2.00 bits per heavy atom. The molecule has 0 aromatic rings. The molecule has 2 amide bonds. The van der Waals surface area contributed by atoms with Crippen molar-refractivity contribution in [3.8, 4) is 0 Å². The third-order valence-electron chi connectivity index (χ3n) is 1.95. The van der Waals surface area contributed by atoms with E-state index < -0.39 is 10.8 Å². The Bertz CT molecular complexity index is 263. The van der Waals surface area contributed by atoms with Gasteiger partial charge in [-0.25, -0.2) is 0 Å². The first-order chi connectivity index (χ1) is 6.56. The second-order valence-electron chi connectivity index (χ2n) is 2.89. The van der Waals surface area contributed by atoms with Crippen molar-refractivity contribution >= 4 is 33.7 Å². The van der Waals surface area contributed by atoms with Gasteiger partial charge in [0.05, 0.1) is 13.7 Å². The Kier molecular flexibility index (Phi) is 3.62. The topological polar surface area (TPSA) is 63.7 Å². The molecule has 1 saturated heterocycles. The molecule has 0 N–H and O–H groups in total. The van der Waals surface area contributed by atoms with Crippen LogP contribution in [-0.4, -0.2) is 41.2 Å². The van der Waals surface area contributed by atoms with Crippen LogP contribution >= 0.6 is 15.9 Å². The summed E-state index contributed by atoms with van der Waals surface area (Å²) in [4.78, 5) is 33.8. The van der Waals surface area contributed by atoms with Crippen LogP contribution in [0.25, 0.3) is 0 Å². The van der Waals surface area contributed by atoms with Crippen molar-refractivity contribution in [1.82, 2.24) is 4.90 Å². The predicted octanol–water partition coefficient (Wildman–Crippen LogP) is 0.0719. The first-order valence-electron chi connectivity index (χ1n) is 4.11. The Balaban J connectivity index is 2.55. The molecule has 1 aliphatic heterocycles. The van der Waals surface area contributed by atoms with Crippen LogP contribution in [0.5, 0.6) is 0 Å². The van der Waals surface area contributed by atoms with Crippen LogP contribution in [0.15, 0.2) is 0 Å². The zero-order valence-electron chi connectivity index (χ0n) is 7.66. The molecule has 14 heavy (non-hydrogen) atoms. The molecule has 1 fully saturated rings. The number of hydrogen-bond acceptors (Lipinski definition) is 4. The second-order valence-corrected chi connectivity index (χ2v) is 3.99. The maximum absolute atomic E-state index is 11.2. The van der Waals surface area contributed by atoms with E-state index >= 15 is 0 Å². The first-order valence-corrected chi connectivity index (χ1v) is 5.03. The maximum atomic E-state index is 11.2. The minimum absolute atomic E-state index is 0.0460. The molecule has 0 spiro atoms. The van der Waals surface area contributed by atoms with Gasteiger partial charge in [0.25, 0.3) is 0 Å². The highest BCUT2D eigenvalue weighted by atomic mass is 79.9. The Morgan fingerprint density at radius 1 is 1.50 bits per heavy atom. The van der Waals surface area contributed by atoms with Crippen LogP contribution in [0.3, 0.4) is 0 Å². The molecule has 1 atom stereocenters. The lowest BCUT2D eigenvalue weighted by molar-refractivity contribution is -0.142. The van der Waals surface area contributed by atoms with Crippen molar-refractivity contribution in [3.05, 3.63) is 0 Å². The van der Waals surface area contributed by atoms with Gasteiger partial charge in [0.15, 0.2) is 0 Å². The molecule has 0 aromatic carbocycles. The molecule has 5 nitrogen and oxygen atoms in total. The highest BCUT2D eigenvalue weighted by Gasteiger charge is 2.32.